The van der Waals surface area contributed by atoms with E-state index < -0.39 is 10.0 Å². The third kappa shape index (κ3) is 3.77. The van der Waals surface area contributed by atoms with Crippen LogP contribution in [0.1, 0.15) is 31.0 Å². The van der Waals surface area contributed by atoms with Gasteiger partial charge in [-0.05, 0) is 30.7 Å². The average molecular weight is 366 g/mol. The van der Waals surface area contributed by atoms with Gasteiger partial charge >= 0.3 is 0 Å². The van der Waals surface area contributed by atoms with Gasteiger partial charge in [-0.25, -0.2) is 18.4 Å². The highest BCUT2D eigenvalue weighted by atomic mass is 35.5. The summed E-state index contributed by atoms with van der Waals surface area (Å²) in [5.74, 6) is 0.857. The van der Waals surface area contributed by atoms with E-state index in [-0.39, 0.29) is 5.75 Å². The lowest BCUT2D eigenvalue weighted by Gasteiger charge is -2.27. The van der Waals surface area contributed by atoms with Crippen molar-refractivity contribution in [1.29, 1.82) is 0 Å². The number of fused-ring (bicyclic) bond motifs is 1. The highest BCUT2D eigenvalue weighted by Gasteiger charge is 2.27. The van der Waals surface area contributed by atoms with Crippen molar-refractivity contribution in [3.63, 3.8) is 0 Å². The Labute approximate surface area is 147 Å². The molecule has 1 aromatic heterocycles. The summed E-state index contributed by atoms with van der Waals surface area (Å²) in [5.41, 5.74) is 2.72. The number of nitrogens with zero attached hydrogens (tertiary/aromatic N) is 3. The normalized spacial score (nSPS) is 15.2. The van der Waals surface area contributed by atoms with Crippen LogP contribution in [-0.2, 0) is 23.0 Å². The van der Waals surface area contributed by atoms with Crippen LogP contribution in [0.4, 0.5) is 0 Å². The molecule has 0 radical (unpaired) electrons. The minimum Gasteiger partial charge on any atom is -0.236 e. The number of unbranched alkanes of at least 4 members (excludes halogenated alkanes) is 1. The molecule has 0 aliphatic carbocycles. The summed E-state index contributed by atoms with van der Waals surface area (Å²) in [5, 5.41) is 0.671. The molecule has 7 heteroatoms. The zero-order chi connectivity index (χ0) is 17.2. The van der Waals surface area contributed by atoms with E-state index in [9.17, 15) is 8.42 Å². The molecule has 1 aliphatic rings. The van der Waals surface area contributed by atoms with Gasteiger partial charge in [-0.1, -0.05) is 24.9 Å². The lowest BCUT2D eigenvalue weighted by molar-refractivity contribution is 0.386. The molecule has 2 heterocycles. The molecule has 1 aliphatic heterocycles. The summed E-state index contributed by atoms with van der Waals surface area (Å²) in [6.45, 7) is 2.84. The molecule has 5 nitrogen and oxygen atoms in total. The van der Waals surface area contributed by atoms with Gasteiger partial charge in [-0.15, -0.1) is 0 Å². The van der Waals surface area contributed by atoms with Crippen molar-refractivity contribution in [3.05, 3.63) is 46.7 Å². The minimum absolute atomic E-state index is 0.211. The van der Waals surface area contributed by atoms with Gasteiger partial charge < -0.3 is 0 Å². The topological polar surface area (TPSA) is 63.2 Å². The van der Waals surface area contributed by atoms with Crippen LogP contribution in [0.2, 0.25) is 5.02 Å². The molecule has 0 amide bonds. The molecule has 24 heavy (non-hydrogen) atoms. The zero-order valence-corrected chi connectivity index (χ0v) is 15.1. The molecular weight excluding hydrogens is 346 g/mol. The lowest BCUT2D eigenvalue weighted by Crippen LogP contribution is -2.37. The van der Waals surface area contributed by atoms with Crippen LogP contribution < -0.4 is 0 Å². The molecule has 0 atom stereocenters. The number of hydrogen-bond donors (Lipinski definition) is 0. The van der Waals surface area contributed by atoms with Gasteiger partial charge in [0.05, 0.1) is 11.4 Å². The maximum Gasteiger partial charge on any atom is 0.214 e. The van der Waals surface area contributed by atoms with E-state index in [2.05, 4.69) is 9.97 Å². The van der Waals surface area contributed by atoms with E-state index in [0.29, 0.717) is 36.8 Å². The Hall–Kier alpha value is -1.50. The van der Waals surface area contributed by atoms with Crippen LogP contribution in [0.25, 0.3) is 11.4 Å². The SMILES string of the molecule is CCCCS(=O)(=O)N1CCc2nc(-c3ccc(Cl)cc3)ncc2C1. The van der Waals surface area contributed by atoms with Crippen molar-refractivity contribution in [2.45, 2.75) is 32.7 Å². The van der Waals surface area contributed by atoms with Crippen molar-refractivity contribution >= 4 is 21.6 Å². The van der Waals surface area contributed by atoms with E-state index in [1.54, 1.807) is 10.5 Å². The maximum absolute atomic E-state index is 12.3. The Morgan fingerprint density at radius 1 is 1.25 bits per heavy atom. The van der Waals surface area contributed by atoms with Crippen LogP contribution in [0.15, 0.2) is 30.5 Å². The molecular formula is C17H20ClN3O2S. The molecule has 0 saturated heterocycles. The number of rotatable bonds is 5. The van der Waals surface area contributed by atoms with Gasteiger partial charge in [0, 0.05) is 41.9 Å². The van der Waals surface area contributed by atoms with Crippen molar-refractivity contribution in [3.8, 4) is 11.4 Å². The minimum atomic E-state index is -3.19. The molecule has 0 saturated carbocycles. The third-order valence-corrected chi connectivity index (χ3v) is 6.31. The summed E-state index contributed by atoms with van der Waals surface area (Å²) in [6, 6.07) is 7.38. The van der Waals surface area contributed by atoms with Crippen LogP contribution in [-0.4, -0.2) is 35.0 Å². The van der Waals surface area contributed by atoms with E-state index in [0.717, 1.165) is 23.2 Å². The Morgan fingerprint density at radius 2 is 2.00 bits per heavy atom. The second-order valence-corrected chi connectivity index (χ2v) is 8.45. The Bertz CT molecular complexity index is 822. The highest BCUT2D eigenvalue weighted by Crippen LogP contribution is 2.23. The summed E-state index contributed by atoms with van der Waals surface area (Å²) in [4.78, 5) is 9.01. The predicted octanol–water partition coefficient (Wildman–Crippen LogP) is 3.29. The van der Waals surface area contributed by atoms with Gasteiger partial charge in [0.1, 0.15) is 0 Å². The number of halogens is 1. The first kappa shape index (κ1) is 17.3. The lowest BCUT2D eigenvalue weighted by atomic mass is 10.1. The number of aromatic nitrogens is 2. The molecule has 0 bridgehead atoms. The van der Waals surface area contributed by atoms with E-state index in [1.807, 2.05) is 31.2 Å². The second kappa shape index (κ2) is 7.17. The Balaban J connectivity index is 1.80. The van der Waals surface area contributed by atoms with Crippen molar-refractivity contribution in [2.75, 3.05) is 12.3 Å². The fraction of sp³-hybridized carbons (Fsp3) is 0.412. The summed E-state index contributed by atoms with van der Waals surface area (Å²) < 4.78 is 26.2. The fourth-order valence-electron chi connectivity index (χ4n) is 2.72. The van der Waals surface area contributed by atoms with Crippen LogP contribution in [0, 0.1) is 0 Å². The van der Waals surface area contributed by atoms with Crippen molar-refractivity contribution < 1.29 is 8.42 Å². The van der Waals surface area contributed by atoms with E-state index >= 15 is 0 Å². The Kier molecular flexibility index (Phi) is 5.18. The molecule has 0 spiro atoms. The van der Waals surface area contributed by atoms with Crippen molar-refractivity contribution in [2.24, 2.45) is 0 Å². The summed E-state index contributed by atoms with van der Waals surface area (Å²) in [7, 11) is -3.19. The fourth-order valence-corrected chi connectivity index (χ4v) is 4.46. The standard InChI is InChI=1S/C17H20ClN3O2S/c1-2-3-10-24(22,23)21-9-8-16-14(12-21)11-19-17(20-16)13-4-6-15(18)7-5-13/h4-7,11H,2-3,8-10,12H2,1H3. The van der Waals surface area contributed by atoms with Crippen LogP contribution in [0.5, 0.6) is 0 Å². The maximum atomic E-state index is 12.3. The van der Waals surface area contributed by atoms with Crippen LogP contribution in [0.3, 0.4) is 0 Å². The second-order valence-electron chi connectivity index (χ2n) is 5.93. The van der Waals surface area contributed by atoms with E-state index in [1.165, 1.54) is 0 Å². The highest BCUT2D eigenvalue weighted by molar-refractivity contribution is 7.89. The van der Waals surface area contributed by atoms with Gasteiger partial charge in [-0.3, -0.25) is 0 Å². The quantitative estimate of drug-likeness (QED) is 0.815. The first-order valence-electron chi connectivity index (χ1n) is 8.08. The molecule has 128 valence electrons. The number of hydrogen-bond acceptors (Lipinski definition) is 4. The molecule has 0 unspecified atom stereocenters. The van der Waals surface area contributed by atoms with E-state index in [4.69, 9.17) is 11.6 Å². The van der Waals surface area contributed by atoms with Crippen molar-refractivity contribution in [1.82, 2.24) is 14.3 Å². The molecule has 0 fully saturated rings. The summed E-state index contributed by atoms with van der Waals surface area (Å²) >= 11 is 5.91. The van der Waals surface area contributed by atoms with Gasteiger partial charge in [0.25, 0.3) is 0 Å². The molecule has 2 aromatic rings. The first-order valence-corrected chi connectivity index (χ1v) is 10.1. The number of sulfonamides is 1. The molecule has 0 N–H and O–H groups in total. The smallest absolute Gasteiger partial charge is 0.214 e. The van der Waals surface area contributed by atoms with Gasteiger partial charge in [0.15, 0.2) is 5.82 Å². The monoisotopic (exact) mass is 365 g/mol. The largest absolute Gasteiger partial charge is 0.236 e. The molecule has 1 aromatic carbocycles. The third-order valence-electron chi connectivity index (χ3n) is 4.15. The van der Waals surface area contributed by atoms with Crippen LogP contribution >= 0.6 is 11.6 Å². The van der Waals surface area contributed by atoms with Gasteiger partial charge in [0.2, 0.25) is 10.0 Å². The average Bonchev–Trinajstić information content (AvgIpc) is 2.60. The zero-order valence-electron chi connectivity index (χ0n) is 13.6. The Morgan fingerprint density at radius 3 is 2.71 bits per heavy atom. The molecule has 3 rings (SSSR count). The van der Waals surface area contributed by atoms with Gasteiger partial charge in [-0.2, -0.15) is 4.31 Å². The first-order chi connectivity index (χ1) is 11.5. The summed E-state index contributed by atoms with van der Waals surface area (Å²) in [6.07, 6.45) is 3.92. The predicted molar refractivity (Wildman–Crippen MR) is 95.3 cm³/mol. The number of benzene rings is 1.